The molecule has 1 rings (SSSR count). The van der Waals surface area contributed by atoms with Gasteiger partial charge in [0.05, 0.1) is 24.2 Å². The molecule has 0 saturated heterocycles. The van der Waals surface area contributed by atoms with Gasteiger partial charge in [-0.25, -0.2) is 0 Å². The Kier molecular flexibility index (Phi) is 4.15. The average molecular weight is 230 g/mol. The van der Waals surface area contributed by atoms with Crippen LogP contribution in [-0.2, 0) is 0 Å². The minimum absolute atomic E-state index is 0.0712. The summed E-state index contributed by atoms with van der Waals surface area (Å²) < 4.78 is 13.2. The second kappa shape index (κ2) is 5.38. The van der Waals surface area contributed by atoms with Crippen LogP contribution in [0.4, 0.5) is 15.8 Å². The topological polar surface area (TPSA) is 95.6 Å². The fraction of sp³-hybridized carbons (Fsp3) is 0.333. The molecule has 0 aliphatic carbocycles. The van der Waals surface area contributed by atoms with Gasteiger partial charge in [-0.15, -0.1) is 0 Å². The Labute approximate surface area is 90.5 Å². The van der Waals surface area contributed by atoms with Crippen molar-refractivity contribution in [3.8, 4) is 0 Å². The van der Waals surface area contributed by atoms with Crippen LogP contribution in [0.15, 0.2) is 18.2 Å². The van der Waals surface area contributed by atoms with E-state index >= 15 is 0 Å². The van der Waals surface area contributed by atoms with Gasteiger partial charge >= 0.3 is 5.69 Å². The molecule has 0 radical (unpaired) electrons. The van der Waals surface area contributed by atoms with E-state index in [0.29, 0.717) is 0 Å². The predicted molar refractivity (Wildman–Crippen MR) is 54.6 cm³/mol. The Morgan fingerprint density at radius 1 is 1.44 bits per heavy atom. The van der Waals surface area contributed by atoms with E-state index in [9.17, 15) is 14.5 Å². The van der Waals surface area contributed by atoms with E-state index < -0.39 is 35.7 Å². The highest BCUT2D eigenvalue weighted by Gasteiger charge is 2.21. The lowest BCUT2D eigenvalue weighted by molar-refractivity contribution is -0.386. The van der Waals surface area contributed by atoms with Crippen molar-refractivity contribution < 1.29 is 19.5 Å². The summed E-state index contributed by atoms with van der Waals surface area (Å²) in [4.78, 5) is 9.74. The molecular formula is C9H11FN2O4. The summed E-state index contributed by atoms with van der Waals surface area (Å²) in [5.41, 5.74) is -0.771. The Balaban J connectivity index is 3.03. The van der Waals surface area contributed by atoms with Gasteiger partial charge in [-0.3, -0.25) is 10.1 Å². The summed E-state index contributed by atoms with van der Waals surface area (Å²) in [5, 5.41) is 30.7. The SMILES string of the molecule is O=[N+]([O-])c1c(F)cccc1NC(CO)CO. The van der Waals surface area contributed by atoms with Gasteiger partial charge in [0, 0.05) is 0 Å². The van der Waals surface area contributed by atoms with Crippen molar-refractivity contribution in [2.24, 2.45) is 0 Å². The zero-order valence-corrected chi connectivity index (χ0v) is 8.26. The van der Waals surface area contributed by atoms with Crippen LogP contribution in [0.2, 0.25) is 0 Å². The second-order valence-electron chi connectivity index (χ2n) is 3.10. The maximum Gasteiger partial charge on any atom is 0.327 e. The average Bonchev–Trinajstić information content (AvgIpc) is 2.25. The fourth-order valence-electron chi connectivity index (χ4n) is 1.19. The molecule has 0 saturated carbocycles. The summed E-state index contributed by atoms with van der Waals surface area (Å²) in [5.74, 6) is -0.968. The standard InChI is InChI=1S/C9H11FN2O4/c10-7-2-1-3-8(9(7)12(15)16)11-6(4-13)5-14/h1-3,6,11,13-14H,4-5H2. The van der Waals surface area contributed by atoms with Crippen LogP contribution in [0.25, 0.3) is 0 Å². The molecule has 0 aliphatic rings. The third-order valence-corrected chi connectivity index (χ3v) is 1.97. The molecule has 16 heavy (non-hydrogen) atoms. The van der Waals surface area contributed by atoms with E-state index in [1.54, 1.807) is 0 Å². The highest BCUT2D eigenvalue weighted by Crippen LogP contribution is 2.27. The fourth-order valence-corrected chi connectivity index (χ4v) is 1.19. The lowest BCUT2D eigenvalue weighted by atomic mass is 10.2. The predicted octanol–water partition coefficient (Wildman–Crippen LogP) is 0.499. The van der Waals surface area contributed by atoms with Crippen LogP contribution in [0.5, 0.6) is 0 Å². The molecule has 0 unspecified atom stereocenters. The third kappa shape index (κ3) is 2.65. The van der Waals surface area contributed by atoms with E-state index in [1.165, 1.54) is 12.1 Å². The highest BCUT2D eigenvalue weighted by molar-refractivity contribution is 5.62. The van der Waals surface area contributed by atoms with Crippen LogP contribution >= 0.6 is 0 Å². The summed E-state index contributed by atoms with van der Waals surface area (Å²) in [6.45, 7) is -0.825. The lowest BCUT2D eigenvalue weighted by Crippen LogP contribution is -2.28. The largest absolute Gasteiger partial charge is 0.394 e. The first-order valence-electron chi connectivity index (χ1n) is 4.51. The molecule has 88 valence electrons. The number of para-hydroxylation sites is 1. The summed E-state index contributed by atoms with van der Waals surface area (Å²) >= 11 is 0. The molecule has 7 heteroatoms. The molecule has 6 nitrogen and oxygen atoms in total. The van der Waals surface area contributed by atoms with Crippen molar-refractivity contribution in [3.63, 3.8) is 0 Å². The number of nitro benzene ring substituents is 1. The van der Waals surface area contributed by atoms with Crippen LogP contribution in [0, 0.1) is 15.9 Å². The first-order chi connectivity index (χ1) is 7.60. The Morgan fingerprint density at radius 3 is 2.56 bits per heavy atom. The number of rotatable bonds is 5. The number of hydrogen-bond acceptors (Lipinski definition) is 5. The molecule has 0 aromatic heterocycles. The minimum atomic E-state index is -0.968. The molecule has 0 heterocycles. The van der Waals surface area contributed by atoms with Gasteiger partial charge in [0.25, 0.3) is 0 Å². The van der Waals surface area contributed by atoms with E-state index in [2.05, 4.69) is 5.32 Å². The van der Waals surface area contributed by atoms with Crippen molar-refractivity contribution in [3.05, 3.63) is 34.1 Å². The monoisotopic (exact) mass is 230 g/mol. The molecule has 3 N–H and O–H groups in total. The number of anilines is 1. The summed E-state index contributed by atoms with van der Waals surface area (Å²) in [6.07, 6.45) is 0. The summed E-state index contributed by atoms with van der Waals surface area (Å²) in [7, 11) is 0. The van der Waals surface area contributed by atoms with Crippen LogP contribution < -0.4 is 5.32 Å². The third-order valence-electron chi connectivity index (χ3n) is 1.97. The highest BCUT2D eigenvalue weighted by atomic mass is 19.1. The van der Waals surface area contributed by atoms with Gasteiger partial charge in [-0.1, -0.05) is 6.07 Å². The number of benzene rings is 1. The van der Waals surface area contributed by atoms with E-state index in [1.807, 2.05) is 0 Å². The molecule has 0 fully saturated rings. The van der Waals surface area contributed by atoms with Gasteiger partial charge < -0.3 is 15.5 Å². The molecular weight excluding hydrogens is 219 g/mol. The molecule has 0 bridgehead atoms. The zero-order valence-electron chi connectivity index (χ0n) is 8.26. The van der Waals surface area contributed by atoms with Crippen molar-refractivity contribution in [2.45, 2.75) is 6.04 Å². The maximum absolute atomic E-state index is 13.2. The number of aliphatic hydroxyl groups is 2. The normalized spacial score (nSPS) is 10.5. The van der Waals surface area contributed by atoms with Crippen LogP contribution in [0.1, 0.15) is 0 Å². The Hall–Kier alpha value is -1.73. The van der Waals surface area contributed by atoms with Crippen molar-refractivity contribution in [1.82, 2.24) is 0 Å². The van der Waals surface area contributed by atoms with Gasteiger partial charge in [0.1, 0.15) is 5.69 Å². The maximum atomic E-state index is 13.2. The Bertz CT molecular complexity index is 382. The van der Waals surface area contributed by atoms with Gasteiger partial charge in [-0.05, 0) is 12.1 Å². The minimum Gasteiger partial charge on any atom is -0.394 e. The smallest absolute Gasteiger partial charge is 0.327 e. The molecule has 1 aromatic rings. The number of nitrogens with zero attached hydrogens (tertiary/aromatic N) is 1. The van der Waals surface area contributed by atoms with Crippen LogP contribution in [-0.4, -0.2) is 34.4 Å². The van der Waals surface area contributed by atoms with Gasteiger partial charge in [0.15, 0.2) is 0 Å². The van der Waals surface area contributed by atoms with E-state index in [-0.39, 0.29) is 5.69 Å². The molecule has 1 aromatic carbocycles. The molecule has 0 aliphatic heterocycles. The second-order valence-corrected chi connectivity index (χ2v) is 3.10. The number of aliphatic hydroxyl groups excluding tert-OH is 2. The van der Waals surface area contributed by atoms with E-state index in [0.717, 1.165) is 6.07 Å². The quantitative estimate of drug-likeness (QED) is 0.505. The first-order valence-corrected chi connectivity index (χ1v) is 4.51. The molecule has 0 atom stereocenters. The lowest BCUT2D eigenvalue weighted by Gasteiger charge is -2.14. The van der Waals surface area contributed by atoms with Gasteiger partial charge in [-0.2, -0.15) is 4.39 Å². The zero-order chi connectivity index (χ0) is 12.1. The van der Waals surface area contributed by atoms with Crippen molar-refractivity contribution in [2.75, 3.05) is 18.5 Å². The number of halogens is 1. The number of nitro groups is 1. The molecule has 0 amide bonds. The first kappa shape index (κ1) is 12.3. The van der Waals surface area contributed by atoms with Crippen molar-refractivity contribution >= 4 is 11.4 Å². The number of hydrogen-bond donors (Lipinski definition) is 3. The molecule has 0 spiro atoms. The van der Waals surface area contributed by atoms with Gasteiger partial charge in [0.2, 0.25) is 5.82 Å². The van der Waals surface area contributed by atoms with Crippen molar-refractivity contribution in [1.29, 1.82) is 0 Å². The van der Waals surface area contributed by atoms with E-state index in [4.69, 9.17) is 10.2 Å². The number of nitrogens with one attached hydrogen (secondary N) is 1. The Morgan fingerprint density at radius 2 is 2.06 bits per heavy atom. The summed E-state index contributed by atoms with van der Waals surface area (Å²) in [6, 6.07) is 2.81. The van der Waals surface area contributed by atoms with Crippen LogP contribution in [0.3, 0.4) is 0 Å².